The minimum Gasteiger partial charge on any atom is -0.208 e. The lowest BCUT2D eigenvalue weighted by atomic mass is 9.89. The van der Waals surface area contributed by atoms with Crippen LogP contribution in [0.25, 0.3) is 120 Å². The van der Waals surface area contributed by atoms with Gasteiger partial charge >= 0.3 is 0 Å². The van der Waals surface area contributed by atoms with Gasteiger partial charge in [0.2, 0.25) is 0 Å². The van der Waals surface area contributed by atoms with Crippen molar-refractivity contribution >= 4 is 63.8 Å². The van der Waals surface area contributed by atoms with Crippen molar-refractivity contribution in [1.29, 1.82) is 0 Å². The van der Waals surface area contributed by atoms with Crippen molar-refractivity contribution in [2.45, 2.75) is 0 Å². The zero-order chi connectivity index (χ0) is 40.3. The van der Waals surface area contributed by atoms with E-state index in [1.165, 1.54) is 63.6 Å². The van der Waals surface area contributed by atoms with Gasteiger partial charge in [-0.2, -0.15) is 0 Å². The zero-order valence-electron chi connectivity index (χ0n) is 33.0. The average Bonchev–Trinajstić information content (AvgIpc) is 3.71. The van der Waals surface area contributed by atoms with Gasteiger partial charge in [-0.3, -0.25) is 0 Å². The van der Waals surface area contributed by atoms with Crippen LogP contribution in [0, 0.1) is 0 Å². The van der Waals surface area contributed by atoms with Crippen LogP contribution in [0.2, 0.25) is 0 Å². The van der Waals surface area contributed by atoms with Gasteiger partial charge in [-0.25, -0.2) is 15.0 Å². The number of rotatable bonds is 6. The first kappa shape index (κ1) is 35.2. The van der Waals surface area contributed by atoms with Crippen molar-refractivity contribution < 1.29 is 0 Å². The first-order valence-corrected chi connectivity index (χ1v) is 21.4. The molecule has 0 N–H and O–H groups in total. The lowest BCUT2D eigenvalue weighted by Crippen LogP contribution is -2.01. The predicted octanol–water partition coefficient (Wildman–Crippen LogP) is 15.7. The lowest BCUT2D eigenvalue weighted by Gasteiger charge is -2.15. The maximum absolute atomic E-state index is 5.27. The maximum atomic E-state index is 5.27. The molecule has 0 spiro atoms. The monoisotopic (exact) mass is 793 g/mol. The standard InChI is InChI=1S/C57H35N3S/c1-2-12-36(13-3-1)37-22-26-40(27-23-37)55-58-56(60-57(59-55)49-20-9-8-17-45(49)43-31-33-53-51(35-43)47-19-10-11-21-52(47)61-53)41-28-24-39(25-29-41)54-46-18-7-5-15-42(46)34-50-44-16-6-4-14-38(44)30-32-48(50)54/h1-35H. The van der Waals surface area contributed by atoms with E-state index in [4.69, 9.17) is 15.0 Å². The Hall–Kier alpha value is -7.79. The largest absolute Gasteiger partial charge is 0.208 e. The fourth-order valence-corrected chi connectivity index (χ4v) is 10.0. The van der Waals surface area contributed by atoms with Crippen molar-refractivity contribution in [3.8, 4) is 67.5 Å². The van der Waals surface area contributed by atoms with Crippen molar-refractivity contribution in [2.24, 2.45) is 0 Å². The molecule has 0 saturated heterocycles. The first-order valence-electron chi connectivity index (χ1n) is 20.6. The second-order valence-electron chi connectivity index (χ2n) is 15.5. The number of thiophene rings is 1. The zero-order valence-corrected chi connectivity index (χ0v) is 33.8. The van der Waals surface area contributed by atoms with Crippen LogP contribution in [0.5, 0.6) is 0 Å². The second kappa shape index (κ2) is 14.5. The van der Waals surface area contributed by atoms with E-state index in [0.29, 0.717) is 17.5 Å². The normalized spacial score (nSPS) is 11.6. The van der Waals surface area contributed by atoms with Crippen molar-refractivity contribution in [1.82, 2.24) is 15.0 Å². The van der Waals surface area contributed by atoms with E-state index in [9.17, 15) is 0 Å². The minimum atomic E-state index is 0.626. The molecule has 12 rings (SSSR count). The summed E-state index contributed by atoms with van der Waals surface area (Å²) >= 11 is 1.83. The average molecular weight is 794 g/mol. The molecule has 0 unspecified atom stereocenters. The van der Waals surface area contributed by atoms with Gasteiger partial charge in [0, 0.05) is 36.9 Å². The van der Waals surface area contributed by atoms with Gasteiger partial charge in [-0.15, -0.1) is 11.3 Å². The van der Waals surface area contributed by atoms with Gasteiger partial charge < -0.3 is 0 Å². The third-order valence-electron chi connectivity index (χ3n) is 11.9. The van der Waals surface area contributed by atoms with Gasteiger partial charge in [0.1, 0.15) is 0 Å². The molecule has 10 aromatic carbocycles. The Morgan fingerprint density at radius 2 is 0.803 bits per heavy atom. The molecule has 284 valence electrons. The summed E-state index contributed by atoms with van der Waals surface area (Å²) in [6.07, 6.45) is 0. The highest BCUT2D eigenvalue weighted by Crippen LogP contribution is 2.41. The van der Waals surface area contributed by atoms with Gasteiger partial charge in [-0.05, 0) is 90.0 Å². The Labute approximate surface area is 356 Å². The molecule has 0 aliphatic carbocycles. The first-order chi connectivity index (χ1) is 30.2. The van der Waals surface area contributed by atoms with Gasteiger partial charge in [0.05, 0.1) is 0 Å². The van der Waals surface area contributed by atoms with E-state index in [2.05, 4.69) is 206 Å². The summed E-state index contributed by atoms with van der Waals surface area (Å²) in [5.41, 5.74) is 9.70. The molecule has 2 heterocycles. The molecule has 0 saturated carbocycles. The van der Waals surface area contributed by atoms with Gasteiger partial charge in [-0.1, -0.05) is 188 Å². The highest BCUT2D eigenvalue weighted by Gasteiger charge is 2.18. The number of hydrogen-bond donors (Lipinski definition) is 0. The maximum Gasteiger partial charge on any atom is 0.164 e. The molecule has 0 fully saturated rings. The molecule has 0 radical (unpaired) electrons. The van der Waals surface area contributed by atoms with Crippen LogP contribution >= 0.6 is 11.3 Å². The molecule has 0 amide bonds. The molecule has 61 heavy (non-hydrogen) atoms. The number of aromatic nitrogens is 3. The fourth-order valence-electron chi connectivity index (χ4n) is 8.94. The van der Waals surface area contributed by atoms with E-state index in [0.717, 1.165) is 38.9 Å². The van der Waals surface area contributed by atoms with E-state index in [-0.39, 0.29) is 0 Å². The minimum absolute atomic E-state index is 0.626. The second-order valence-corrected chi connectivity index (χ2v) is 16.6. The molecule has 0 aliphatic rings. The van der Waals surface area contributed by atoms with Crippen LogP contribution in [0.15, 0.2) is 212 Å². The van der Waals surface area contributed by atoms with Crippen LogP contribution in [0.4, 0.5) is 0 Å². The molecule has 12 aromatic rings. The number of fused-ring (bicyclic) bond motifs is 7. The van der Waals surface area contributed by atoms with Crippen LogP contribution in [0.1, 0.15) is 0 Å². The summed E-state index contributed by atoms with van der Waals surface area (Å²) in [7, 11) is 0. The summed E-state index contributed by atoms with van der Waals surface area (Å²) in [5, 5.41) is 9.98. The summed E-state index contributed by atoms with van der Waals surface area (Å²) in [6.45, 7) is 0. The van der Waals surface area contributed by atoms with Crippen molar-refractivity contribution in [2.75, 3.05) is 0 Å². The van der Waals surface area contributed by atoms with E-state index in [1.807, 2.05) is 17.4 Å². The molecular formula is C57H35N3S. The van der Waals surface area contributed by atoms with E-state index in [1.54, 1.807) is 0 Å². The van der Waals surface area contributed by atoms with Crippen molar-refractivity contribution in [3.63, 3.8) is 0 Å². The topological polar surface area (TPSA) is 38.7 Å². The third kappa shape index (κ3) is 6.16. The summed E-state index contributed by atoms with van der Waals surface area (Å²) in [4.78, 5) is 15.7. The SMILES string of the molecule is c1ccc(-c2ccc(-c3nc(-c4ccc(-c5c6ccccc6cc6c5ccc5ccccc56)cc4)nc(-c4ccccc4-c4ccc5sc6ccccc6c5c4)n3)cc2)cc1. The highest BCUT2D eigenvalue weighted by molar-refractivity contribution is 7.25. The number of nitrogens with zero attached hydrogens (tertiary/aromatic N) is 3. The Balaban J connectivity index is 1.01. The quantitative estimate of drug-likeness (QED) is 0.124. The highest BCUT2D eigenvalue weighted by atomic mass is 32.1. The van der Waals surface area contributed by atoms with Gasteiger partial charge in [0.25, 0.3) is 0 Å². The molecule has 3 nitrogen and oxygen atoms in total. The van der Waals surface area contributed by atoms with Gasteiger partial charge in [0.15, 0.2) is 17.5 Å². The number of hydrogen-bond acceptors (Lipinski definition) is 4. The van der Waals surface area contributed by atoms with Crippen LogP contribution < -0.4 is 0 Å². The summed E-state index contributed by atoms with van der Waals surface area (Å²) in [6, 6.07) is 75.8. The van der Waals surface area contributed by atoms with Crippen LogP contribution in [-0.2, 0) is 0 Å². The fraction of sp³-hybridized carbons (Fsp3) is 0. The Morgan fingerprint density at radius 3 is 1.57 bits per heavy atom. The predicted molar refractivity (Wildman–Crippen MR) is 258 cm³/mol. The van der Waals surface area contributed by atoms with E-state index < -0.39 is 0 Å². The Kier molecular flexibility index (Phi) is 8.36. The van der Waals surface area contributed by atoms with Crippen molar-refractivity contribution in [3.05, 3.63) is 212 Å². The third-order valence-corrected chi connectivity index (χ3v) is 13.1. The smallest absolute Gasteiger partial charge is 0.164 e. The van der Waals surface area contributed by atoms with E-state index >= 15 is 0 Å². The lowest BCUT2D eigenvalue weighted by molar-refractivity contribution is 1.07. The molecular weight excluding hydrogens is 759 g/mol. The molecule has 4 heteroatoms. The molecule has 0 bridgehead atoms. The Morgan fingerprint density at radius 1 is 0.262 bits per heavy atom. The summed E-state index contributed by atoms with van der Waals surface area (Å²) < 4.78 is 2.57. The molecule has 0 aliphatic heterocycles. The van der Waals surface area contributed by atoms with Crippen LogP contribution in [-0.4, -0.2) is 15.0 Å². The molecule has 0 atom stereocenters. The Bertz CT molecular complexity index is 3630. The molecule has 2 aromatic heterocycles. The summed E-state index contributed by atoms with van der Waals surface area (Å²) in [5.74, 6) is 1.89. The van der Waals surface area contributed by atoms with Crippen LogP contribution in [0.3, 0.4) is 0 Å². The number of benzene rings is 10.